The summed E-state index contributed by atoms with van der Waals surface area (Å²) in [6.07, 6.45) is 11.4. The molecular formula is C72H75N11O8S. The maximum Gasteiger partial charge on any atom is 0.231 e. The highest BCUT2D eigenvalue weighted by Gasteiger charge is 2.27. The zero-order valence-electron chi connectivity index (χ0n) is 52.4. The highest BCUT2D eigenvalue weighted by Crippen LogP contribution is 2.42. The molecular weight excluding hydrogens is 1180 g/mol. The molecule has 20 heteroatoms. The maximum absolute atomic E-state index is 11.9. The fourth-order valence-corrected chi connectivity index (χ4v) is 12.1. The van der Waals surface area contributed by atoms with Crippen molar-refractivity contribution in [2.24, 2.45) is 0 Å². The molecule has 0 aliphatic carbocycles. The first-order valence-electron chi connectivity index (χ1n) is 30.6. The second-order valence-electron chi connectivity index (χ2n) is 23.5. The predicted molar refractivity (Wildman–Crippen MR) is 371 cm³/mol. The largest absolute Gasteiger partial charge is 0.380 e. The molecule has 4 atom stereocenters. The molecule has 0 unspecified atom stereocenters. The summed E-state index contributed by atoms with van der Waals surface area (Å²) in [5, 5.41) is 25.4. The number of rotatable bonds is 9. The number of anilines is 10. The van der Waals surface area contributed by atoms with E-state index in [1.807, 2.05) is 186 Å². The minimum absolute atomic E-state index is 0.0152. The Balaban J connectivity index is 0.000000135. The molecule has 19 nitrogen and oxygen atoms in total. The van der Waals surface area contributed by atoms with Crippen molar-refractivity contribution in [2.75, 3.05) is 65.5 Å². The van der Waals surface area contributed by atoms with E-state index in [0.29, 0.717) is 44.2 Å². The Hall–Kier alpha value is -10.6. The fourth-order valence-electron chi connectivity index (χ4n) is 11.5. The van der Waals surface area contributed by atoms with Crippen LogP contribution in [0.3, 0.4) is 0 Å². The summed E-state index contributed by atoms with van der Waals surface area (Å²) in [7, 11) is -1.49. The van der Waals surface area contributed by atoms with Gasteiger partial charge >= 0.3 is 0 Å². The van der Waals surface area contributed by atoms with Gasteiger partial charge in [0.2, 0.25) is 39.6 Å². The Kier molecular flexibility index (Phi) is 19.9. The summed E-state index contributed by atoms with van der Waals surface area (Å²) in [4.78, 5) is 76.9. The summed E-state index contributed by atoms with van der Waals surface area (Å²) in [6.45, 7) is 9.83. The molecule has 13 rings (SSSR count). The van der Waals surface area contributed by atoms with Gasteiger partial charge in [-0.2, -0.15) is 0 Å². The van der Waals surface area contributed by atoms with Gasteiger partial charge in [-0.05, 0) is 116 Å². The molecule has 6 heterocycles. The Morgan fingerprint density at radius 1 is 0.543 bits per heavy atom. The van der Waals surface area contributed by atoms with Gasteiger partial charge in [0.25, 0.3) is 0 Å². The molecule has 0 saturated heterocycles. The van der Waals surface area contributed by atoms with Gasteiger partial charge in [0.05, 0.1) is 58.2 Å². The van der Waals surface area contributed by atoms with Crippen molar-refractivity contribution in [1.29, 1.82) is 0 Å². The molecule has 0 bridgehead atoms. The first kappa shape index (κ1) is 64.4. The van der Waals surface area contributed by atoms with Crippen LogP contribution in [0.4, 0.5) is 56.9 Å². The number of Topliss-reactive ketones (excluding diaryl/α,β-unsaturated/α-hetero) is 1. The average Bonchev–Trinajstić information content (AvgIpc) is 1.55. The summed E-state index contributed by atoms with van der Waals surface area (Å²) in [6, 6.07) is 48.4. The van der Waals surface area contributed by atoms with Crippen LogP contribution < -0.4 is 52.2 Å². The Labute approximate surface area is 536 Å². The van der Waals surface area contributed by atoms with E-state index in [9.17, 15) is 37.2 Å². The standard InChI is InChI=1S/C19H19N3O2.C19H20N2O2.C17H19N3O3S.C17H17N3O/c1-11-8-17(23)21-15-5-3-4-14(19(15)20-11)12-6-7-16-13(9-12)10-18(24)22(16)2;1-3-17(22)14-9-7-13(8-10-14)15-5-4-6-16-19(15)20-12(2)11-18(23)21-16;1-11-10-16(21)19-15-5-3-4-14(17(15)18-11)12-6-8-13(9-7-12)20-24(2,22)23;1-12-10-16(21)20-15-6-2-5-14(17(15)19-12)8-7-13-4-3-9-18-11-13/h3-7,9,11,20H,8,10H2,1-2H3,(H,21,23);4-10,12,20H,3,11H2,1-2H3,(H,21,23);3-9,11,18,20H,10H2,1-2H3,(H,19,21);2-9,11-12,19H,10H2,1H3,(H,20,21)/b;;;8-7+/t11-;12-;11-;12-/m1111/s1. The number of amides is 5. The monoisotopic (exact) mass is 1250 g/mol. The lowest BCUT2D eigenvalue weighted by Gasteiger charge is -2.17. The number of nitrogens with zero attached hydrogens (tertiary/aromatic N) is 2. The number of likely N-dealkylation sites (N-methyl/N-ethyl adjacent to an activating group) is 1. The van der Waals surface area contributed by atoms with Gasteiger partial charge in [-0.15, -0.1) is 0 Å². The number of fused-ring (bicyclic) bond motifs is 5. The molecule has 5 aliphatic heterocycles. The number of hydrogen-bond acceptors (Lipinski definition) is 13. The molecule has 8 aromatic rings. The lowest BCUT2D eigenvalue weighted by molar-refractivity contribution is -0.117. The summed E-state index contributed by atoms with van der Waals surface area (Å²) < 4.78 is 25.0. The average molecular weight is 1250 g/mol. The number of para-hydroxylation sites is 4. The maximum atomic E-state index is 11.9. The summed E-state index contributed by atoms with van der Waals surface area (Å²) in [5.74, 6) is 0.327. The molecule has 1 aromatic heterocycles. The van der Waals surface area contributed by atoms with Gasteiger partial charge in [-0.25, -0.2) is 8.42 Å². The molecule has 5 aliphatic rings. The van der Waals surface area contributed by atoms with Crippen LogP contribution in [-0.2, 0) is 40.4 Å². The number of hydrogen-bond donors (Lipinski definition) is 9. The SMILES string of the molecule is CCC(=O)c1ccc(-c2cccc3c2N[C@H](C)CC(=O)N3)cc1.C[C@@H]1CC(=O)Nc2cccc(-c3ccc(NS(C)(=O)=O)cc3)c2N1.C[C@@H]1CC(=O)Nc2cccc(-c3ccc4c(c3)CC(=O)N4C)c2N1.C[C@@H]1CC(=O)Nc2cccc(/C=C/c3cccnc3)c2N1. The highest BCUT2D eigenvalue weighted by atomic mass is 32.2. The van der Waals surface area contributed by atoms with E-state index in [4.69, 9.17) is 0 Å². The first-order chi connectivity index (χ1) is 44.1. The number of sulfonamides is 1. The van der Waals surface area contributed by atoms with Gasteiger partial charge in [-0.3, -0.25) is 38.5 Å². The number of aromatic nitrogens is 1. The number of carbonyl (C=O) groups is 6. The highest BCUT2D eigenvalue weighted by molar-refractivity contribution is 7.92. The normalized spacial score (nSPS) is 17.8. The Morgan fingerprint density at radius 3 is 1.43 bits per heavy atom. The van der Waals surface area contributed by atoms with E-state index in [0.717, 1.165) is 113 Å². The van der Waals surface area contributed by atoms with Crippen LogP contribution in [0.1, 0.15) is 93.8 Å². The van der Waals surface area contributed by atoms with Gasteiger partial charge in [0.15, 0.2) is 5.78 Å². The molecule has 472 valence electrons. The van der Waals surface area contributed by atoms with E-state index < -0.39 is 10.0 Å². The predicted octanol–water partition coefficient (Wildman–Crippen LogP) is 13.4. The van der Waals surface area contributed by atoms with Crippen LogP contribution in [0.15, 0.2) is 164 Å². The number of pyridine rings is 1. The van der Waals surface area contributed by atoms with Crippen molar-refractivity contribution in [3.8, 4) is 33.4 Å². The van der Waals surface area contributed by atoms with E-state index >= 15 is 0 Å². The van der Waals surface area contributed by atoms with Gasteiger partial charge in [-0.1, -0.05) is 116 Å². The van der Waals surface area contributed by atoms with Gasteiger partial charge < -0.3 is 47.4 Å². The molecule has 92 heavy (non-hydrogen) atoms. The van der Waals surface area contributed by atoms with Gasteiger partial charge in [0, 0.05) is 109 Å². The zero-order valence-corrected chi connectivity index (χ0v) is 53.2. The van der Waals surface area contributed by atoms with E-state index in [1.54, 1.807) is 30.3 Å². The second kappa shape index (κ2) is 28.5. The number of carbonyl (C=O) groups excluding carboxylic acids is 6. The summed E-state index contributed by atoms with van der Waals surface area (Å²) in [5.41, 5.74) is 18.2. The zero-order chi connectivity index (χ0) is 65.2. The second-order valence-corrected chi connectivity index (χ2v) is 25.3. The van der Waals surface area contributed by atoms with Gasteiger partial charge in [0.1, 0.15) is 0 Å². The van der Waals surface area contributed by atoms with E-state index in [1.165, 1.54) is 0 Å². The Bertz CT molecular complexity index is 4250. The van der Waals surface area contributed by atoms with Crippen LogP contribution in [0.5, 0.6) is 0 Å². The molecule has 7 aromatic carbocycles. The number of ketones is 1. The molecule has 0 spiro atoms. The van der Waals surface area contributed by atoms with Crippen molar-refractivity contribution in [1.82, 2.24) is 4.98 Å². The molecule has 0 saturated carbocycles. The van der Waals surface area contributed by atoms with Crippen molar-refractivity contribution in [3.63, 3.8) is 0 Å². The third kappa shape index (κ3) is 16.0. The van der Waals surface area contributed by atoms with Crippen LogP contribution in [0, 0.1) is 0 Å². The number of nitrogens with one attached hydrogen (secondary N) is 9. The lowest BCUT2D eigenvalue weighted by atomic mass is 9.99. The van der Waals surface area contributed by atoms with E-state index in [-0.39, 0.29) is 59.5 Å². The van der Waals surface area contributed by atoms with Crippen molar-refractivity contribution < 1.29 is 37.2 Å². The smallest absolute Gasteiger partial charge is 0.231 e. The van der Waals surface area contributed by atoms with Crippen molar-refractivity contribution in [2.45, 2.75) is 97.3 Å². The minimum Gasteiger partial charge on any atom is -0.380 e. The summed E-state index contributed by atoms with van der Waals surface area (Å²) >= 11 is 0. The number of benzene rings is 7. The van der Waals surface area contributed by atoms with Crippen molar-refractivity contribution >= 4 is 114 Å². The van der Waals surface area contributed by atoms with E-state index in [2.05, 4.69) is 58.3 Å². The molecule has 0 fully saturated rings. The first-order valence-corrected chi connectivity index (χ1v) is 32.5. The molecule has 0 radical (unpaired) electrons. The van der Waals surface area contributed by atoms with Crippen LogP contribution >= 0.6 is 0 Å². The molecule has 5 amide bonds. The van der Waals surface area contributed by atoms with Crippen LogP contribution in [0.25, 0.3) is 45.5 Å². The molecule has 9 N–H and O–H groups in total. The van der Waals surface area contributed by atoms with Crippen molar-refractivity contribution in [3.05, 3.63) is 186 Å². The minimum atomic E-state index is -3.30. The quantitative estimate of drug-likeness (QED) is 0.0610. The Morgan fingerprint density at radius 2 is 0.978 bits per heavy atom. The fraction of sp³-hybridized carbons (Fsp3) is 0.236. The van der Waals surface area contributed by atoms with Crippen LogP contribution in [-0.4, -0.2) is 86.2 Å². The lowest BCUT2D eigenvalue weighted by Crippen LogP contribution is -2.20. The third-order valence-electron chi connectivity index (χ3n) is 15.9. The third-order valence-corrected chi connectivity index (χ3v) is 16.5. The topological polar surface area (TPSA) is 261 Å². The van der Waals surface area contributed by atoms with Crippen LogP contribution in [0.2, 0.25) is 0 Å².